The summed E-state index contributed by atoms with van der Waals surface area (Å²) in [5.41, 5.74) is 3.51. The van der Waals surface area contributed by atoms with Crippen LogP contribution < -0.4 is 4.74 Å². The Morgan fingerprint density at radius 2 is 1.92 bits per heavy atom. The van der Waals surface area contributed by atoms with Gasteiger partial charge in [0.25, 0.3) is 0 Å². The van der Waals surface area contributed by atoms with Gasteiger partial charge in [0.05, 0.1) is 12.7 Å². The second kappa shape index (κ2) is 7.09. The molecule has 0 aliphatic carbocycles. The van der Waals surface area contributed by atoms with E-state index in [4.69, 9.17) is 4.74 Å². The summed E-state index contributed by atoms with van der Waals surface area (Å²) >= 11 is 0. The Hall–Kier alpha value is -2.38. The molecule has 2 aliphatic rings. The summed E-state index contributed by atoms with van der Waals surface area (Å²) < 4.78 is 19.3. The highest BCUT2D eigenvalue weighted by Gasteiger charge is 2.36. The third-order valence-electron chi connectivity index (χ3n) is 5.66. The maximum absolute atomic E-state index is 13.4. The van der Waals surface area contributed by atoms with E-state index in [0.29, 0.717) is 6.61 Å². The van der Waals surface area contributed by atoms with Crippen LogP contribution >= 0.6 is 0 Å². The summed E-state index contributed by atoms with van der Waals surface area (Å²) in [5, 5.41) is 9.44. The van der Waals surface area contributed by atoms with Crippen molar-refractivity contribution in [3.05, 3.63) is 65.0 Å². The molecule has 1 saturated heterocycles. The molecule has 4 heteroatoms. The lowest BCUT2D eigenvalue weighted by Gasteiger charge is -2.44. The number of benzene rings is 2. The van der Waals surface area contributed by atoms with E-state index in [0.717, 1.165) is 37.1 Å². The van der Waals surface area contributed by atoms with Gasteiger partial charge < -0.3 is 4.74 Å². The quantitative estimate of drug-likeness (QED) is 0.770. The van der Waals surface area contributed by atoms with Crippen molar-refractivity contribution < 1.29 is 9.13 Å². The number of aryl methyl sites for hydroxylation is 1. The van der Waals surface area contributed by atoms with Gasteiger partial charge in [-0.1, -0.05) is 24.3 Å². The van der Waals surface area contributed by atoms with Crippen LogP contribution in [0.5, 0.6) is 5.75 Å². The molecular weight excluding hydrogens is 327 g/mol. The van der Waals surface area contributed by atoms with Gasteiger partial charge in [-0.2, -0.15) is 5.26 Å². The summed E-state index contributed by atoms with van der Waals surface area (Å²) in [7, 11) is 0. The lowest BCUT2D eigenvalue weighted by atomic mass is 9.85. The highest BCUT2D eigenvalue weighted by atomic mass is 19.1. The maximum Gasteiger partial charge on any atom is 0.124 e. The zero-order valence-corrected chi connectivity index (χ0v) is 15.0. The third kappa shape index (κ3) is 3.20. The molecule has 0 aromatic heterocycles. The van der Waals surface area contributed by atoms with Crippen LogP contribution in [-0.4, -0.2) is 18.1 Å². The smallest absolute Gasteiger partial charge is 0.124 e. The fourth-order valence-electron chi connectivity index (χ4n) is 4.31. The second-order valence-corrected chi connectivity index (χ2v) is 7.35. The lowest BCUT2D eigenvalue weighted by Crippen LogP contribution is -2.41. The minimum absolute atomic E-state index is 0.0543. The Morgan fingerprint density at radius 1 is 1.12 bits per heavy atom. The van der Waals surface area contributed by atoms with Gasteiger partial charge in [0, 0.05) is 36.5 Å². The first-order valence-electron chi connectivity index (χ1n) is 9.30. The minimum atomic E-state index is -0.222. The van der Waals surface area contributed by atoms with Gasteiger partial charge in [-0.3, -0.25) is 4.90 Å². The fourth-order valence-corrected chi connectivity index (χ4v) is 4.31. The Labute approximate surface area is 154 Å². The monoisotopic (exact) mass is 350 g/mol. The standard InChI is InChI=1S/C22H23FN2O/c1-15-2-7-19-20(9-11-26-22(19)12-15)25-10-8-16(14-24)13-21(25)17-3-5-18(23)6-4-17/h2-7,12,16,20-21H,8-11,13H2,1H3/t16-,20-,21?/m0/s1. The molecule has 0 spiro atoms. The van der Waals surface area contributed by atoms with Crippen molar-refractivity contribution in [2.24, 2.45) is 5.92 Å². The largest absolute Gasteiger partial charge is 0.493 e. The van der Waals surface area contributed by atoms with Gasteiger partial charge in [-0.15, -0.1) is 0 Å². The zero-order valence-electron chi connectivity index (χ0n) is 15.0. The van der Waals surface area contributed by atoms with Gasteiger partial charge in [0.2, 0.25) is 0 Å². The number of halogens is 1. The highest BCUT2D eigenvalue weighted by molar-refractivity contribution is 5.41. The molecule has 26 heavy (non-hydrogen) atoms. The first-order valence-corrected chi connectivity index (χ1v) is 9.30. The summed E-state index contributed by atoms with van der Waals surface area (Å²) in [6.07, 6.45) is 2.61. The molecule has 2 aromatic rings. The molecular formula is C22H23FN2O. The van der Waals surface area contributed by atoms with Crippen LogP contribution in [0.1, 0.15) is 48.0 Å². The van der Waals surface area contributed by atoms with E-state index < -0.39 is 0 Å². The van der Waals surface area contributed by atoms with Gasteiger partial charge in [-0.25, -0.2) is 4.39 Å². The van der Waals surface area contributed by atoms with Crippen LogP contribution in [0.3, 0.4) is 0 Å². The Kier molecular flexibility index (Phi) is 4.65. The number of nitrogens with zero attached hydrogens (tertiary/aromatic N) is 2. The molecule has 0 bridgehead atoms. The van der Waals surface area contributed by atoms with E-state index in [1.807, 2.05) is 12.1 Å². The maximum atomic E-state index is 13.4. The molecule has 0 amide bonds. The van der Waals surface area contributed by atoms with Crippen molar-refractivity contribution in [2.45, 2.75) is 38.3 Å². The van der Waals surface area contributed by atoms with Crippen molar-refractivity contribution in [1.82, 2.24) is 4.90 Å². The van der Waals surface area contributed by atoms with E-state index in [1.165, 1.54) is 23.3 Å². The molecule has 4 rings (SSSR count). The molecule has 3 atom stereocenters. The Morgan fingerprint density at radius 3 is 2.69 bits per heavy atom. The number of nitriles is 1. The van der Waals surface area contributed by atoms with Gasteiger partial charge in [-0.05, 0) is 49.1 Å². The van der Waals surface area contributed by atoms with Gasteiger partial charge in [0.15, 0.2) is 0 Å². The van der Waals surface area contributed by atoms with Crippen LogP contribution in [0.25, 0.3) is 0 Å². The van der Waals surface area contributed by atoms with Crippen LogP contribution in [0, 0.1) is 30.0 Å². The normalized spacial score (nSPS) is 25.8. The van der Waals surface area contributed by atoms with Crippen molar-refractivity contribution >= 4 is 0 Å². The molecule has 2 heterocycles. The number of fused-ring (bicyclic) bond motifs is 1. The molecule has 2 aromatic carbocycles. The predicted octanol–water partition coefficient (Wildman–Crippen LogP) is 4.93. The summed E-state index contributed by atoms with van der Waals surface area (Å²) in [6, 6.07) is 16.0. The molecule has 3 nitrogen and oxygen atoms in total. The van der Waals surface area contributed by atoms with E-state index in [1.54, 1.807) is 0 Å². The first kappa shape index (κ1) is 17.1. The Bertz CT molecular complexity index is 827. The molecule has 0 radical (unpaired) electrons. The van der Waals surface area contributed by atoms with Crippen LogP contribution in [-0.2, 0) is 0 Å². The van der Waals surface area contributed by atoms with Gasteiger partial charge in [0.1, 0.15) is 11.6 Å². The van der Waals surface area contributed by atoms with E-state index in [9.17, 15) is 9.65 Å². The SMILES string of the molecule is Cc1ccc2c(c1)OCC[C@@H]2N1CC[C@H](C#N)CC1c1ccc(F)cc1. The average molecular weight is 350 g/mol. The molecule has 1 unspecified atom stereocenters. The number of hydrogen-bond donors (Lipinski definition) is 0. The fraction of sp³-hybridized carbons (Fsp3) is 0.409. The van der Waals surface area contributed by atoms with E-state index >= 15 is 0 Å². The highest BCUT2D eigenvalue weighted by Crippen LogP contribution is 2.44. The van der Waals surface area contributed by atoms with E-state index in [-0.39, 0.29) is 23.8 Å². The molecule has 134 valence electrons. The number of likely N-dealkylation sites (tertiary alicyclic amines) is 1. The number of hydrogen-bond acceptors (Lipinski definition) is 3. The summed E-state index contributed by atoms with van der Waals surface area (Å²) in [6.45, 7) is 3.65. The number of ether oxygens (including phenoxy) is 1. The topological polar surface area (TPSA) is 36.3 Å². The molecule has 1 fully saturated rings. The lowest BCUT2D eigenvalue weighted by molar-refractivity contribution is 0.0551. The van der Waals surface area contributed by atoms with Crippen molar-refractivity contribution in [2.75, 3.05) is 13.2 Å². The van der Waals surface area contributed by atoms with E-state index in [2.05, 4.69) is 36.1 Å². The predicted molar refractivity (Wildman–Crippen MR) is 98.2 cm³/mol. The van der Waals surface area contributed by atoms with Crippen LogP contribution in [0.15, 0.2) is 42.5 Å². The Balaban J connectivity index is 1.70. The first-order chi connectivity index (χ1) is 12.7. The van der Waals surface area contributed by atoms with Crippen molar-refractivity contribution in [3.8, 4) is 11.8 Å². The van der Waals surface area contributed by atoms with Crippen molar-refractivity contribution in [1.29, 1.82) is 5.26 Å². The van der Waals surface area contributed by atoms with Crippen LogP contribution in [0.4, 0.5) is 4.39 Å². The number of rotatable bonds is 2. The molecule has 0 saturated carbocycles. The zero-order chi connectivity index (χ0) is 18.1. The molecule has 0 N–H and O–H groups in total. The summed E-state index contributed by atoms with van der Waals surface area (Å²) in [5.74, 6) is 0.806. The second-order valence-electron chi connectivity index (χ2n) is 7.35. The van der Waals surface area contributed by atoms with Gasteiger partial charge >= 0.3 is 0 Å². The minimum Gasteiger partial charge on any atom is -0.493 e. The third-order valence-corrected chi connectivity index (χ3v) is 5.66. The van der Waals surface area contributed by atoms with Crippen LogP contribution in [0.2, 0.25) is 0 Å². The molecule has 2 aliphatic heterocycles. The average Bonchev–Trinajstić information content (AvgIpc) is 2.67. The number of piperidine rings is 1. The summed E-state index contributed by atoms with van der Waals surface area (Å²) in [4.78, 5) is 2.50. The van der Waals surface area contributed by atoms with Crippen molar-refractivity contribution in [3.63, 3.8) is 0 Å².